The molecule has 140 valence electrons. The molecule has 0 aliphatic carbocycles. The molecule has 1 fully saturated rings. The first-order chi connectivity index (χ1) is 12.7. The normalized spacial score (nSPS) is 18.4. The lowest BCUT2D eigenvalue weighted by Gasteiger charge is -2.32. The second-order valence-corrected chi connectivity index (χ2v) is 7.93. The summed E-state index contributed by atoms with van der Waals surface area (Å²) in [5, 5.41) is 0. The van der Waals surface area contributed by atoms with Crippen molar-refractivity contribution < 1.29 is 18.1 Å². The fraction of sp³-hybridized carbons (Fsp3) is 0.350. The highest BCUT2D eigenvalue weighted by molar-refractivity contribution is 6.62. The minimum Gasteiger partial charge on any atom is -0.399 e. The number of benzene rings is 2. The number of fused-ring (bicyclic) bond motifs is 1. The average Bonchev–Trinajstić information content (AvgIpc) is 3.07. The standard InChI is InChI=1S/C20H21BF2N2O2/c1-19(2)20(3,4)27-21(26-19)12-8-9-16-17(10-12)25-18(24-16)11-13-14(22)6-5-7-15(13)23/h5-10H,11H2,1-4H3,(H,24,25). The number of nitrogens with zero attached hydrogens (tertiary/aromatic N) is 1. The molecule has 0 unspecified atom stereocenters. The highest BCUT2D eigenvalue weighted by atomic mass is 19.1. The van der Waals surface area contributed by atoms with Crippen LogP contribution in [0.4, 0.5) is 8.78 Å². The Kier molecular flexibility index (Phi) is 4.12. The van der Waals surface area contributed by atoms with Crippen LogP contribution in [0, 0.1) is 11.6 Å². The second-order valence-electron chi connectivity index (χ2n) is 7.93. The first-order valence-electron chi connectivity index (χ1n) is 8.93. The molecule has 2 heterocycles. The van der Waals surface area contributed by atoms with Gasteiger partial charge in [0, 0.05) is 12.0 Å². The van der Waals surface area contributed by atoms with E-state index in [9.17, 15) is 8.78 Å². The highest BCUT2D eigenvalue weighted by Crippen LogP contribution is 2.36. The molecule has 0 amide bonds. The summed E-state index contributed by atoms with van der Waals surface area (Å²) in [4.78, 5) is 7.62. The molecule has 2 aromatic carbocycles. The Morgan fingerprint density at radius 3 is 2.26 bits per heavy atom. The number of halogens is 2. The van der Waals surface area contributed by atoms with Gasteiger partial charge in [-0.3, -0.25) is 0 Å². The monoisotopic (exact) mass is 370 g/mol. The van der Waals surface area contributed by atoms with Crippen molar-refractivity contribution in [2.75, 3.05) is 0 Å². The van der Waals surface area contributed by atoms with Crippen LogP contribution < -0.4 is 5.46 Å². The van der Waals surface area contributed by atoms with Gasteiger partial charge >= 0.3 is 7.12 Å². The molecule has 0 saturated carbocycles. The number of H-pyrrole nitrogens is 1. The van der Waals surface area contributed by atoms with Crippen molar-refractivity contribution in [3.63, 3.8) is 0 Å². The van der Waals surface area contributed by atoms with Gasteiger partial charge in [-0.2, -0.15) is 0 Å². The molecule has 1 aliphatic heterocycles. The van der Waals surface area contributed by atoms with E-state index < -0.39 is 30.0 Å². The Balaban J connectivity index is 1.63. The minimum atomic E-state index is -0.576. The number of nitrogens with one attached hydrogen (secondary N) is 1. The van der Waals surface area contributed by atoms with E-state index in [0.29, 0.717) is 11.3 Å². The molecular weight excluding hydrogens is 349 g/mol. The average molecular weight is 370 g/mol. The molecule has 0 spiro atoms. The largest absolute Gasteiger partial charge is 0.494 e. The Hall–Kier alpha value is -2.25. The Labute approximate surface area is 157 Å². The fourth-order valence-electron chi connectivity index (χ4n) is 3.15. The van der Waals surface area contributed by atoms with Gasteiger partial charge in [-0.1, -0.05) is 12.1 Å². The lowest BCUT2D eigenvalue weighted by atomic mass is 9.79. The summed E-state index contributed by atoms with van der Waals surface area (Å²) in [6, 6.07) is 9.52. The molecule has 1 saturated heterocycles. The van der Waals surface area contributed by atoms with E-state index in [1.807, 2.05) is 45.9 Å². The number of aromatic nitrogens is 2. The lowest BCUT2D eigenvalue weighted by Crippen LogP contribution is -2.41. The number of rotatable bonds is 3. The van der Waals surface area contributed by atoms with Crippen LogP contribution in [0.15, 0.2) is 36.4 Å². The quantitative estimate of drug-likeness (QED) is 0.715. The number of aromatic amines is 1. The molecule has 4 rings (SSSR count). The fourth-order valence-corrected chi connectivity index (χ4v) is 3.15. The van der Waals surface area contributed by atoms with Gasteiger partial charge in [0.05, 0.1) is 22.2 Å². The maximum atomic E-state index is 13.9. The molecule has 7 heteroatoms. The van der Waals surface area contributed by atoms with Crippen molar-refractivity contribution >= 4 is 23.6 Å². The third kappa shape index (κ3) is 3.15. The summed E-state index contributed by atoms with van der Waals surface area (Å²) >= 11 is 0. The molecule has 1 aromatic heterocycles. The van der Waals surface area contributed by atoms with Crippen molar-refractivity contribution in [1.82, 2.24) is 9.97 Å². The molecule has 3 aromatic rings. The summed E-state index contributed by atoms with van der Waals surface area (Å²) in [5.41, 5.74) is 1.51. The molecular formula is C20H21BF2N2O2. The topological polar surface area (TPSA) is 47.1 Å². The highest BCUT2D eigenvalue weighted by Gasteiger charge is 2.51. The van der Waals surface area contributed by atoms with Gasteiger partial charge in [-0.15, -0.1) is 0 Å². The third-order valence-electron chi connectivity index (χ3n) is 5.49. The van der Waals surface area contributed by atoms with Crippen LogP contribution in [0.1, 0.15) is 39.1 Å². The van der Waals surface area contributed by atoms with E-state index in [2.05, 4.69) is 9.97 Å². The molecule has 4 nitrogen and oxygen atoms in total. The summed E-state index contributed by atoms with van der Waals surface area (Å²) in [5.74, 6) is -0.651. The van der Waals surface area contributed by atoms with Crippen LogP contribution >= 0.6 is 0 Å². The molecule has 1 N–H and O–H groups in total. The van der Waals surface area contributed by atoms with Crippen LogP contribution in [0.25, 0.3) is 11.0 Å². The molecule has 0 radical (unpaired) electrons. The predicted molar refractivity (Wildman–Crippen MR) is 101 cm³/mol. The molecule has 1 aliphatic rings. The first-order valence-corrected chi connectivity index (χ1v) is 8.93. The number of hydrogen-bond acceptors (Lipinski definition) is 3. The van der Waals surface area contributed by atoms with E-state index in [4.69, 9.17) is 9.31 Å². The van der Waals surface area contributed by atoms with Crippen molar-refractivity contribution in [2.24, 2.45) is 0 Å². The van der Waals surface area contributed by atoms with Gasteiger partial charge < -0.3 is 14.3 Å². The molecule has 0 bridgehead atoms. The summed E-state index contributed by atoms with van der Waals surface area (Å²) in [6.45, 7) is 8.00. The van der Waals surface area contributed by atoms with Gasteiger partial charge in [0.1, 0.15) is 17.5 Å². The maximum absolute atomic E-state index is 13.9. The zero-order valence-corrected chi connectivity index (χ0v) is 15.8. The van der Waals surface area contributed by atoms with Crippen LogP contribution in [0.5, 0.6) is 0 Å². The summed E-state index contributed by atoms with van der Waals surface area (Å²) in [6.07, 6.45) is 0.0546. The first kappa shape index (κ1) is 18.1. The minimum absolute atomic E-state index is 0.00254. The van der Waals surface area contributed by atoms with Gasteiger partial charge in [0.25, 0.3) is 0 Å². The Morgan fingerprint density at radius 2 is 1.63 bits per heavy atom. The number of imidazole rings is 1. The van der Waals surface area contributed by atoms with E-state index in [-0.39, 0.29) is 12.0 Å². The van der Waals surface area contributed by atoms with Crippen molar-refractivity contribution in [3.05, 3.63) is 59.4 Å². The van der Waals surface area contributed by atoms with Crippen molar-refractivity contribution in [2.45, 2.75) is 45.3 Å². The predicted octanol–water partition coefficient (Wildman–Crippen LogP) is 3.73. The second kappa shape index (κ2) is 6.14. The van der Waals surface area contributed by atoms with Crippen molar-refractivity contribution in [1.29, 1.82) is 0 Å². The molecule has 27 heavy (non-hydrogen) atoms. The lowest BCUT2D eigenvalue weighted by molar-refractivity contribution is 0.00578. The van der Waals surface area contributed by atoms with E-state index >= 15 is 0 Å². The SMILES string of the molecule is CC1(C)OB(c2ccc3[nH]c(Cc4c(F)cccc4F)nc3c2)OC1(C)C. The van der Waals surface area contributed by atoms with E-state index in [1.165, 1.54) is 18.2 Å². The van der Waals surface area contributed by atoms with Gasteiger partial charge in [0.15, 0.2) is 0 Å². The molecule has 0 atom stereocenters. The Bertz CT molecular complexity index is 980. The summed E-state index contributed by atoms with van der Waals surface area (Å²) in [7, 11) is -0.483. The third-order valence-corrected chi connectivity index (χ3v) is 5.49. The van der Waals surface area contributed by atoms with Crippen LogP contribution in [-0.4, -0.2) is 28.3 Å². The van der Waals surface area contributed by atoms with Crippen molar-refractivity contribution in [3.8, 4) is 0 Å². The zero-order chi connectivity index (χ0) is 19.4. The summed E-state index contributed by atoms with van der Waals surface area (Å²) < 4.78 is 39.9. The Morgan fingerprint density at radius 1 is 1.00 bits per heavy atom. The van der Waals surface area contributed by atoms with E-state index in [0.717, 1.165) is 11.0 Å². The van der Waals surface area contributed by atoms with Crippen LogP contribution in [0.2, 0.25) is 0 Å². The maximum Gasteiger partial charge on any atom is 0.494 e. The smallest absolute Gasteiger partial charge is 0.399 e. The van der Waals surface area contributed by atoms with Gasteiger partial charge in [0.2, 0.25) is 0 Å². The van der Waals surface area contributed by atoms with Gasteiger partial charge in [-0.25, -0.2) is 13.8 Å². The van der Waals surface area contributed by atoms with Crippen LogP contribution in [-0.2, 0) is 15.7 Å². The van der Waals surface area contributed by atoms with Crippen LogP contribution in [0.3, 0.4) is 0 Å². The van der Waals surface area contributed by atoms with E-state index in [1.54, 1.807) is 0 Å². The number of hydrogen-bond donors (Lipinski definition) is 1. The van der Waals surface area contributed by atoms with Gasteiger partial charge in [-0.05, 0) is 57.4 Å². The zero-order valence-electron chi connectivity index (χ0n) is 15.8.